The van der Waals surface area contributed by atoms with Gasteiger partial charge in [0.15, 0.2) is 0 Å². The van der Waals surface area contributed by atoms with Gasteiger partial charge in [0.1, 0.15) is 6.71 Å². The molecule has 28 heavy (non-hydrogen) atoms. The largest absolute Gasteiger partial charge is 0.475 e. The normalized spacial score (nSPS) is 39.5. The molecule has 0 nitrogen and oxygen atoms in total. The summed E-state index contributed by atoms with van der Waals surface area (Å²) in [4.78, 5) is 0. The maximum Gasteiger partial charge on any atom is 0.475 e. The van der Waals surface area contributed by atoms with Gasteiger partial charge in [-0.25, -0.2) is 0 Å². The minimum atomic E-state index is -4.50. The van der Waals surface area contributed by atoms with Crippen molar-refractivity contribution < 1.29 is 12.9 Å². The summed E-state index contributed by atoms with van der Waals surface area (Å²) < 4.78 is 31.2. The second-order valence-electron chi connectivity index (χ2n) is 9.47. The van der Waals surface area contributed by atoms with Gasteiger partial charge in [-0.1, -0.05) is 79.7 Å². The predicted octanol–water partition coefficient (Wildman–Crippen LogP) is 8.95. The molecule has 6 aliphatic carbocycles. The molecule has 0 aromatic rings. The van der Waals surface area contributed by atoms with Crippen molar-refractivity contribution in [2.75, 3.05) is 0 Å². The summed E-state index contributed by atoms with van der Waals surface area (Å²) in [6.45, 7) is 12.6. The summed E-state index contributed by atoms with van der Waals surface area (Å²) in [7, 11) is 0. The van der Waals surface area contributed by atoms with E-state index in [0.29, 0.717) is 0 Å². The van der Waals surface area contributed by atoms with Crippen LogP contribution in [0.2, 0.25) is 25.3 Å². The monoisotopic (exact) mass is 402 g/mol. The highest BCUT2D eigenvalue weighted by Gasteiger charge is 2.51. The predicted molar refractivity (Wildman–Crippen MR) is 123 cm³/mol. The summed E-state index contributed by atoms with van der Waals surface area (Å²) in [6.07, 6.45) is 9.48. The fourth-order valence-electron chi connectivity index (χ4n) is 6.42. The van der Waals surface area contributed by atoms with Crippen molar-refractivity contribution in [3.8, 4) is 0 Å². The molecule has 0 heterocycles. The van der Waals surface area contributed by atoms with Gasteiger partial charge in [0, 0.05) is 7.43 Å². The molecule has 4 unspecified atom stereocenters. The first kappa shape index (κ1) is 27.8. The zero-order valence-electron chi connectivity index (χ0n) is 20.2. The first-order valence-corrected chi connectivity index (χ1v) is 11.9. The third kappa shape index (κ3) is 6.94. The van der Waals surface area contributed by atoms with Crippen LogP contribution in [0, 0.1) is 42.9 Å². The van der Waals surface area contributed by atoms with Crippen LogP contribution < -0.4 is 0 Å². The van der Waals surface area contributed by atoms with Crippen molar-refractivity contribution in [1.29, 1.82) is 0 Å². The van der Waals surface area contributed by atoms with Crippen LogP contribution in [-0.4, -0.2) is 13.7 Å². The van der Waals surface area contributed by atoms with Gasteiger partial charge in [0.05, 0.1) is 0 Å². The summed E-state index contributed by atoms with van der Waals surface area (Å²) in [5.41, 5.74) is 0. The molecule has 4 bridgehead atoms. The molecular weight excluding hydrogens is 355 g/mol. The molecule has 6 rings (SSSR count). The number of hydrogen-bond acceptors (Lipinski definition) is 0. The van der Waals surface area contributed by atoms with E-state index in [-0.39, 0.29) is 14.2 Å². The van der Waals surface area contributed by atoms with Crippen LogP contribution in [0.25, 0.3) is 0 Å². The molecule has 0 N–H and O–H groups in total. The van der Waals surface area contributed by atoms with Gasteiger partial charge in [0.2, 0.25) is 0 Å². The van der Waals surface area contributed by atoms with Crippen LogP contribution in [0.1, 0.15) is 80.1 Å². The summed E-state index contributed by atoms with van der Waals surface area (Å²) in [5, 5.41) is 0. The number of hydrogen-bond donors (Lipinski definition) is 0. The maximum atomic E-state index is 10.4. The molecule has 166 valence electrons. The molecule has 5 heteroatoms. The Hall–Kier alpha value is -0.210. The molecule has 0 aromatic carbocycles. The van der Waals surface area contributed by atoms with E-state index in [4.69, 9.17) is 0 Å². The van der Waals surface area contributed by atoms with Gasteiger partial charge in [-0.2, -0.15) is 0 Å². The smallest absolute Gasteiger partial charge is 0.449 e. The Morgan fingerprint density at radius 3 is 1.14 bits per heavy atom. The van der Waals surface area contributed by atoms with E-state index < -0.39 is 6.98 Å². The van der Waals surface area contributed by atoms with Crippen molar-refractivity contribution in [3.05, 3.63) is 7.43 Å². The van der Waals surface area contributed by atoms with Gasteiger partial charge in [-0.05, 0) is 61.2 Å². The lowest BCUT2D eigenvalue weighted by Crippen LogP contribution is -2.48. The molecule has 4 atom stereocenters. The standard InChI is InChI=1S/C17H29B.2C2H6.CH3BF3.CH3/c1-10-14-4-12(5-14)8-16(10)18(3)17-9-13-6-15(7-13)11(17)2;2*1-2;1-2(3,4)5;/h10-17H,4-9H2,1-3H3;2*1-2H3;1H3;1H3/q;;;-1;+1. The SMILES string of the molecule is CB(C1CC2CC(C2)C1C)C1CC2CC(C2)C1C.CC.CC.C[B-](F)(F)F.[CH3+]. The van der Waals surface area contributed by atoms with E-state index in [1.54, 1.807) is 38.5 Å². The molecule has 6 aliphatic rings. The molecule has 6 fully saturated rings. The average molecular weight is 402 g/mol. The van der Waals surface area contributed by atoms with Crippen LogP contribution >= 0.6 is 0 Å². The van der Waals surface area contributed by atoms with E-state index in [9.17, 15) is 12.9 Å². The van der Waals surface area contributed by atoms with E-state index in [1.165, 1.54) is 0 Å². The Morgan fingerprint density at radius 2 is 0.929 bits per heavy atom. The summed E-state index contributed by atoms with van der Waals surface area (Å²) >= 11 is 0. The summed E-state index contributed by atoms with van der Waals surface area (Å²) in [6, 6.07) is 0. The topological polar surface area (TPSA) is 0 Å². The highest BCUT2D eigenvalue weighted by atomic mass is 19.4. The zero-order chi connectivity index (χ0) is 20.9. The number of halogens is 3. The molecule has 0 saturated heterocycles. The Balaban J connectivity index is 0.000000635. The quantitative estimate of drug-likeness (QED) is 0.319. The van der Waals surface area contributed by atoms with Gasteiger partial charge in [-0.3, -0.25) is 0 Å². The average Bonchev–Trinajstić information content (AvgIpc) is 2.54. The van der Waals surface area contributed by atoms with Crippen LogP contribution in [0.3, 0.4) is 0 Å². The van der Waals surface area contributed by atoms with E-state index in [1.807, 2.05) is 27.7 Å². The third-order valence-corrected chi connectivity index (χ3v) is 7.94. The lowest BCUT2D eigenvalue weighted by atomic mass is 9.25. The van der Waals surface area contributed by atoms with Crippen LogP contribution in [-0.2, 0) is 0 Å². The fraction of sp³-hybridized carbons (Fsp3) is 0.957. The minimum Gasteiger partial charge on any atom is -0.449 e. The Bertz CT molecular complexity index is 377. The van der Waals surface area contributed by atoms with E-state index in [0.717, 1.165) is 53.9 Å². The first-order valence-electron chi connectivity index (χ1n) is 11.9. The van der Waals surface area contributed by atoms with Gasteiger partial charge < -0.3 is 12.9 Å². The molecular formula is C23H47B2F3. The van der Waals surface area contributed by atoms with Gasteiger partial charge >= 0.3 is 6.98 Å². The first-order chi connectivity index (χ1) is 12.6. The Labute approximate surface area is 175 Å². The van der Waals surface area contributed by atoms with Crippen LogP contribution in [0.15, 0.2) is 0 Å². The molecule has 0 aromatic heterocycles. The van der Waals surface area contributed by atoms with Crippen molar-refractivity contribution in [3.63, 3.8) is 0 Å². The highest BCUT2D eigenvalue weighted by Crippen LogP contribution is 2.60. The molecule has 6 saturated carbocycles. The maximum absolute atomic E-state index is 10.4. The molecule has 0 radical (unpaired) electrons. The Kier molecular flexibility index (Phi) is 11.8. The van der Waals surface area contributed by atoms with Crippen molar-refractivity contribution in [1.82, 2.24) is 0 Å². The van der Waals surface area contributed by atoms with Crippen molar-refractivity contribution in [2.24, 2.45) is 35.5 Å². The van der Waals surface area contributed by atoms with Crippen LogP contribution in [0.4, 0.5) is 12.9 Å². The lowest BCUT2D eigenvalue weighted by molar-refractivity contribution is 0.0450. The highest BCUT2D eigenvalue weighted by molar-refractivity contribution is 6.61. The van der Waals surface area contributed by atoms with Crippen molar-refractivity contribution >= 4 is 13.7 Å². The number of fused-ring (bicyclic) bond motifs is 4. The Morgan fingerprint density at radius 1 is 0.679 bits per heavy atom. The second kappa shape index (κ2) is 11.8. The van der Waals surface area contributed by atoms with Gasteiger partial charge in [0.25, 0.3) is 0 Å². The molecule has 0 amide bonds. The fourth-order valence-corrected chi connectivity index (χ4v) is 6.42. The van der Waals surface area contributed by atoms with Gasteiger partial charge in [-0.15, -0.1) is 0 Å². The van der Waals surface area contributed by atoms with E-state index in [2.05, 4.69) is 20.7 Å². The zero-order valence-corrected chi connectivity index (χ0v) is 20.2. The van der Waals surface area contributed by atoms with E-state index >= 15 is 0 Å². The van der Waals surface area contributed by atoms with Crippen LogP contribution in [0.5, 0.6) is 0 Å². The second-order valence-corrected chi connectivity index (χ2v) is 9.47. The molecule has 0 aliphatic heterocycles. The van der Waals surface area contributed by atoms with Crippen molar-refractivity contribution in [2.45, 2.75) is 105 Å². The number of rotatable bonds is 2. The third-order valence-electron chi connectivity index (χ3n) is 7.94. The minimum absolute atomic E-state index is 0. The lowest BCUT2D eigenvalue weighted by Gasteiger charge is -2.56. The molecule has 0 spiro atoms. The summed E-state index contributed by atoms with van der Waals surface area (Å²) in [5.74, 6) is 8.72.